The Balaban J connectivity index is 1.54. The van der Waals surface area contributed by atoms with E-state index in [4.69, 9.17) is 9.47 Å². The van der Waals surface area contributed by atoms with Crippen molar-refractivity contribution in [2.45, 2.75) is 0 Å². The van der Waals surface area contributed by atoms with E-state index in [0.717, 1.165) is 22.6 Å². The first kappa shape index (κ1) is 19.5. The van der Waals surface area contributed by atoms with Gasteiger partial charge in [-0.05, 0) is 69.4 Å². The lowest BCUT2D eigenvalue weighted by Crippen LogP contribution is -1.82. The fraction of sp³-hybridized carbons (Fsp3) is 0.0714. The maximum absolute atomic E-state index is 5.21. The van der Waals surface area contributed by atoms with E-state index >= 15 is 0 Å². The quantitative estimate of drug-likeness (QED) is 0.323. The molecule has 0 saturated heterocycles. The van der Waals surface area contributed by atoms with Crippen molar-refractivity contribution in [2.75, 3.05) is 14.2 Å². The minimum absolute atomic E-state index is 0.869. The summed E-state index contributed by atoms with van der Waals surface area (Å²) in [5.41, 5.74) is 4.64. The third-order valence-electron chi connectivity index (χ3n) is 5.06. The van der Waals surface area contributed by atoms with Gasteiger partial charge in [0.1, 0.15) is 11.5 Å². The molecule has 0 aliphatic rings. The van der Waals surface area contributed by atoms with E-state index < -0.39 is 0 Å². The van der Waals surface area contributed by atoms with Crippen molar-refractivity contribution in [1.82, 2.24) is 0 Å². The highest BCUT2D eigenvalue weighted by Crippen LogP contribution is 2.22. The van der Waals surface area contributed by atoms with Gasteiger partial charge in [-0.1, -0.05) is 72.8 Å². The molecule has 0 atom stereocenters. The molecule has 0 heterocycles. The van der Waals surface area contributed by atoms with Crippen molar-refractivity contribution in [1.29, 1.82) is 0 Å². The van der Waals surface area contributed by atoms with Crippen molar-refractivity contribution >= 4 is 35.1 Å². The van der Waals surface area contributed by atoms with Gasteiger partial charge >= 0.3 is 0 Å². The zero-order chi connectivity index (χ0) is 20.8. The smallest absolute Gasteiger partial charge is 0.118 e. The van der Waals surface area contributed by atoms with Crippen molar-refractivity contribution in [2.24, 2.45) is 0 Å². The molecule has 0 amide bonds. The molecule has 4 aromatic rings. The van der Waals surface area contributed by atoms with Gasteiger partial charge in [0, 0.05) is 0 Å². The number of hydrogen-bond donors (Lipinski definition) is 0. The zero-order valence-electron chi connectivity index (χ0n) is 17.2. The first-order valence-electron chi connectivity index (χ1n) is 9.91. The lowest BCUT2D eigenvalue weighted by atomic mass is 10.0. The standard InChI is InChI=1S/C28H24O2/c1-29-27-15-9-21(10-16-27)3-5-23-7-13-25-14-8-24(20-26(25)19-23)6-4-22-11-17-28(30-2)18-12-22/h3-20H,1-2H3/b5-3-,6-4-. The van der Waals surface area contributed by atoms with E-state index in [9.17, 15) is 0 Å². The summed E-state index contributed by atoms with van der Waals surface area (Å²) in [7, 11) is 3.36. The number of ether oxygens (including phenoxy) is 2. The average Bonchev–Trinajstić information content (AvgIpc) is 2.81. The van der Waals surface area contributed by atoms with E-state index in [-0.39, 0.29) is 0 Å². The van der Waals surface area contributed by atoms with Crippen LogP contribution in [0.5, 0.6) is 11.5 Å². The van der Waals surface area contributed by atoms with Gasteiger partial charge in [0.25, 0.3) is 0 Å². The fourth-order valence-corrected chi connectivity index (χ4v) is 3.31. The number of methoxy groups -OCH3 is 2. The molecule has 2 nitrogen and oxygen atoms in total. The van der Waals surface area contributed by atoms with Crippen LogP contribution in [0.3, 0.4) is 0 Å². The van der Waals surface area contributed by atoms with Crippen molar-refractivity contribution in [3.05, 3.63) is 107 Å². The molecule has 4 aromatic carbocycles. The van der Waals surface area contributed by atoms with Crippen LogP contribution < -0.4 is 9.47 Å². The molecule has 0 aliphatic carbocycles. The molecular weight excluding hydrogens is 368 g/mol. The maximum Gasteiger partial charge on any atom is 0.118 e. The monoisotopic (exact) mass is 392 g/mol. The number of rotatable bonds is 6. The molecule has 30 heavy (non-hydrogen) atoms. The molecule has 0 unspecified atom stereocenters. The van der Waals surface area contributed by atoms with Gasteiger partial charge in [-0.15, -0.1) is 0 Å². The van der Waals surface area contributed by atoms with E-state index in [1.54, 1.807) is 14.2 Å². The van der Waals surface area contributed by atoms with E-state index in [0.29, 0.717) is 0 Å². The summed E-state index contributed by atoms with van der Waals surface area (Å²) in [6.07, 6.45) is 8.52. The second-order valence-corrected chi connectivity index (χ2v) is 7.08. The van der Waals surface area contributed by atoms with Gasteiger partial charge in [0.15, 0.2) is 0 Å². The fourth-order valence-electron chi connectivity index (χ4n) is 3.31. The molecular formula is C28H24O2. The summed E-state index contributed by atoms with van der Waals surface area (Å²) in [4.78, 5) is 0. The average molecular weight is 392 g/mol. The predicted octanol–water partition coefficient (Wildman–Crippen LogP) is 7.20. The van der Waals surface area contributed by atoms with Crippen LogP contribution in [0.4, 0.5) is 0 Å². The molecule has 0 N–H and O–H groups in total. The predicted molar refractivity (Wildman–Crippen MR) is 128 cm³/mol. The summed E-state index contributed by atoms with van der Waals surface area (Å²) in [6, 6.07) is 29.2. The number of benzene rings is 4. The van der Waals surface area contributed by atoms with E-state index in [1.165, 1.54) is 21.9 Å². The molecule has 2 heteroatoms. The van der Waals surface area contributed by atoms with Crippen LogP contribution in [0.2, 0.25) is 0 Å². The molecule has 148 valence electrons. The summed E-state index contributed by atoms with van der Waals surface area (Å²) < 4.78 is 10.4. The third kappa shape index (κ3) is 4.79. The molecule has 0 fully saturated rings. The van der Waals surface area contributed by atoms with Crippen LogP contribution in [0, 0.1) is 0 Å². The number of fused-ring (bicyclic) bond motifs is 1. The Morgan fingerprint density at radius 1 is 0.433 bits per heavy atom. The first-order chi connectivity index (χ1) is 14.7. The number of hydrogen-bond acceptors (Lipinski definition) is 2. The van der Waals surface area contributed by atoms with Crippen LogP contribution in [-0.2, 0) is 0 Å². The molecule has 0 aliphatic heterocycles. The van der Waals surface area contributed by atoms with Gasteiger partial charge in [-0.2, -0.15) is 0 Å². The zero-order valence-corrected chi connectivity index (χ0v) is 17.2. The molecule has 0 bridgehead atoms. The summed E-state index contributed by atoms with van der Waals surface area (Å²) in [5, 5.41) is 2.46. The molecule has 0 spiro atoms. The highest BCUT2D eigenvalue weighted by atomic mass is 16.5. The van der Waals surface area contributed by atoms with Crippen LogP contribution in [-0.4, -0.2) is 14.2 Å². The first-order valence-corrected chi connectivity index (χ1v) is 9.91. The Kier molecular flexibility index (Phi) is 5.95. The van der Waals surface area contributed by atoms with Crippen molar-refractivity contribution < 1.29 is 9.47 Å². The van der Waals surface area contributed by atoms with Gasteiger partial charge in [-0.25, -0.2) is 0 Å². The van der Waals surface area contributed by atoms with Crippen LogP contribution in [0.15, 0.2) is 84.9 Å². The lowest BCUT2D eigenvalue weighted by Gasteiger charge is -2.03. The highest BCUT2D eigenvalue weighted by Gasteiger charge is 1.97. The Morgan fingerprint density at radius 2 is 0.800 bits per heavy atom. The summed E-state index contributed by atoms with van der Waals surface area (Å²) in [5.74, 6) is 1.74. The minimum Gasteiger partial charge on any atom is -0.497 e. The molecule has 4 rings (SSSR count). The summed E-state index contributed by atoms with van der Waals surface area (Å²) >= 11 is 0. The highest BCUT2D eigenvalue weighted by molar-refractivity contribution is 5.88. The molecule has 0 radical (unpaired) electrons. The van der Waals surface area contributed by atoms with Crippen LogP contribution in [0.1, 0.15) is 22.3 Å². The topological polar surface area (TPSA) is 18.5 Å². The second kappa shape index (κ2) is 9.15. The molecule has 0 aromatic heterocycles. The maximum atomic E-state index is 5.21. The Bertz CT molecular complexity index is 1090. The lowest BCUT2D eigenvalue weighted by molar-refractivity contribution is 0.414. The van der Waals surface area contributed by atoms with Gasteiger partial charge < -0.3 is 9.47 Å². The second-order valence-electron chi connectivity index (χ2n) is 7.08. The SMILES string of the molecule is COc1ccc(/C=C\c2ccc3ccc(/C=C\c4ccc(OC)cc4)cc3c2)cc1. The minimum atomic E-state index is 0.869. The Labute approximate surface area is 177 Å². The largest absolute Gasteiger partial charge is 0.497 e. The Hall–Kier alpha value is -3.78. The van der Waals surface area contributed by atoms with Gasteiger partial charge in [0.05, 0.1) is 14.2 Å². The normalized spacial score (nSPS) is 11.4. The van der Waals surface area contributed by atoms with Crippen molar-refractivity contribution in [3.63, 3.8) is 0 Å². The van der Waals surface area contributed by atoms with Crippen LogP contribution in [0.25, 0.3) is 35.1 Å². The Morgan fingerprint density at radius 3 is 1.20 bits per heavy atom. The van der Waals surface area contributed by atoms with Crippen LogP contribution >= 0.6 is 0 Å². The van der Waals surface area contributed by atoms with Gasteiger partial charge in [0.2, 0.25) is 0 Å². The van der Waals surface area contributed by atoms with Crippen molar-refractivity contribution in [3.8, 4) is 11.5 Å². The molecule has 0 saturated carbocycles. The van der Waals surface area contributed by atoms with E-state index in [2.05, 4.69) is 85.0 Å². The van der Waals surface area contributed by atoms with Gasteiger partial charge in [-0.3, -0.25) is 0 Å². The van der Waals surface area contributed by atoms with E-state index in [1.807, 2.05) is 24.3 Å². The summed E-state index contributed by atoms with van der Waals surface area (Å²) in [6.45, 7) is 0. The third-order valence-corrected chi connectivity index (χ3v) is 5.06.